The first-order valence-corrected chi connectivity index (χ1v) is 3.60. The molecule has 3 heteroatoms. The molecule has 0 radical (unpaired) electrons. The van der Waals surface area contributed by atoms with E-state index in [0.717, 1.165) is 17.1 Å². The Kier molecular flexibility index (Phi) is 2.54. The quantitative estimate of drug-likeness (QED) is 0.585. The van der Waals surface area contributed by atoms with Gasteiger partial charge in [0.2, 0.25) is 0 Å². The number of aryl methyl sites for hydroxylation is 2. The summed E-state index contributed by atoms with van der Waals surface area (Å²) in [4.78, 5) is 8.32. The van der Waals surface area contributed by atoms with Crippen LogP contribution in [0.25, 0.3) is 6.08 Å². The highest BCUT2D eigenvalue weighted by molar-refractivity contribution is 5.49. The lowest BCUT2D eigenvalue weighted by molar-refractivity contribution is 1.05. The highest BCUT2D eigenvalue weighted by Crippen LogP contribution is 2.03. The lowest BCUT2D eigenvalue weighted by Crippen LogP contribution is -1.92. The lowest BCUT2D eigenvalue weighted by atomic mass is 10.3. The predicted molar refractivity (Wildman–Crippen MR) is 46.2 cm³/mol. The van der Waals surface area contributed by atoms with E-state index in [1.165, 1.54) is 6.08 Å². The second-order valence-corrected chi connectivity index (χ2v) is 2.44. The van der Waals surface area contributed by atoms with Gasteiger partial charge in [0.15, 0.2) is 0 Å². The average Bonchev–Trinajstić information content (AvgIpc) is 2.07. The molecule has 0 amide bonds. The van der Waals surface area contributed by atoms with E-state index >= 15 is 0 Å². The largest absolute Gasteiger partial charge is 0.257 e. The normalized spacial score (nSPS) is 10.1. The van der Waals surface area contributed by atoms with E-state index in [1.54, 1.807) is 12.3 Å². The minimum Gasteiger partial charge on any atom is -0.257 e. The molecule has 0 N–H and O–H groups in total. The fourth-order valence-electron chi connectivity index (χ4n) is 0.830. The second kappa shape index (κ2) is 3.63. The van der Waals surface area contributed by atoms with E-state index in [-0.39, 0.29) is 0 Å². The van der Waals surface area contributed by atoms with Crippen LogP contribution < -0.4 is 0 Å². The van der Waals surface area contributed by atoms with Gasteiger partial charge in [-0.3, -0.25) is 9.97 Å². The second-order valence-electron chi connectivity index (χ2n) is 2.44. The zero-order valence-corrected chi connectivity index (χ0v) is 7.07. The Labute approximate surface area is 71.4 Å². The van der Waals surface area contributed by atoms with Gasteiger partial charge in [0.1, 0.15) is 0 Å². The number of hydrogen-bond acceptors (Lipinski definition) is 3. The van der Waals surface area contributed by atoms with Crippen molar-refractivity contribution in [1.82, 2.24) is 9.97 Å². The molecule has 0 atom stereocenters. The van der Waals surface area contributed by atoms with Crippen LogP contribution >= 0.6 is 0 Å². The van der Waals surface area contributed by atoms with Crippen LogP contribution in [0.1, 0.15) is 17.1 Å². The van der Waals surface area contributed by atoms with Gasteiger partial charge in [-0.05, 0) is 19.9 Å². The summed E-state index contributed by atoms with van der Waals surface area (Å²) in [5.41, 5.74) is 2.46. The summed E-state index contributed by atoms with van der Waals surface area (Å²) in [6.07, 6.45) is 4.77. The molecular weight excluding hydrogens is 150 g/mol. The minimum atomic E-state index is 0.761. The van der Waals surface area contributed by atoms with Gasteiger partial charge in [0.05, 0.1) is 23.2 Å². The molecular formula is C9H9N3. The van der Waals surface area contributed by atoms with Crippen LogP contribution in [0.3, 0.4) is 0 Å². The van der Waals surface area contributed by atoms with Crippen molar-refractivity contribution < 1.29 is 0 Å². The molecule has 0 saturated heterocycles. The Morgan fingerprint density at radius 1 is 1.50 bits per heavy atom. The maximum Gasteiger partial charge on any atom is 0.0912 e. The van der Waals surface area contributed by atoms with Gasteiger partial charge in [0, 0.05) is 12.3 Å². The predicted octanol–water partition coefficient (Wildman–Crippen LogP) is 1.63. The third kappa shape index (κ3) is 1.89. The van der Waals surface area contributed by atoms with Crippen LogP contribution in [-0.2, 0) is 0 Å². The van der Waals surface area contributed by atoms with Crippen LogP contribution in [0.2, 0.25) is 0 Å². The van der Waals surface area contributed by atoms with Crippen molar-refractivity contribution in [2.24, 2.45) is 0 Å². The Morgan fingerprint density at radius 3 is 2.92 bits per heavy atom. The Balaban J connectivity index is 3.07. The first kappa shape index (κ1) is 8.41. The van der Waals surface area contributed by atoms with Crippen LogP contribution in [-0.4, -0.2) is 9.97 Å². The summed E-state index contributed by atoms with van der Waals surface area (Å²) in [6, 6.07) is 1.91. The van der Waals surface area contributed by atoms with Gasteiger partial charge in [-0.1, -0.05) is 0 Å². The third-order valence-corrected chi connectivity index (χ3v) is 1.43. The van der Waals surface area contributed by atoms with Crippen molar-refractivity contribution in [2.45, 2.75) is 13.8 Å². The molecule has 0 aliphatic carbocycles. The number of allylic oxidation sites excluding steroid dienone is 1. The number of hydrogen-bond donors (Lipinski definition) is 0. The van der Waals surface area contributed by atoms with Crippen LogP contribution in [0, 0.1) is 25.2 Å². The average molecular weight is 159 g/mol. The fraction of sp³-hybridized carbons (Fsp3) is 0.222. The van der Waals surface area contributed by atoms with Crippen LogP contribution in [0.5, 0.6) is 0 Å². The molecule has 1 aromatic heterocycles. The molecule has 0 spiro atoms. The zero-order valence-electron chi connectivity index (χ0n) is 7.07. The number of aromatic nitrogens is 2. The van der Waals surface area contributed by atoms with Crippen LogP contribution in [0.4, 0.5) is 0 Å². The molecule has 0 aliphatic rings. The molecule has 1 aromatic rings. The maximum atomic E-state index is 8.30. The molecule has 0 aromatic carbocycles. The molecule has 1 rings (SSSR count). The van der Waals surface area contributed by atoms with Crippen molar-refractivity contribution in [2.75, 3.05) is 0 Å². The van der Waals surface area contributed by atoms with E-state index in [9.17, 15) is 0 Å². The molecule has 0 aliphatic heterocycles. The van der Waals surface area contributed by atoms with Gasteiger partial charge < -0.3 is 0 Å². The minimum absolute atomic E-state index is 0.761. The highest BCUT2D eigenvalue weighted by Gasteiger charge is 1.96. The summed E-state index contributed by atoms with van der Waals surface area (Å²) in [6.45, 7) is 3.74. The smallest absolute Gasteiger partial charge is 0.0912 e. The standard InChI is InChI=1S/C9H9N3/c1-7-6-11-8(2)9(12-7)4-3-5-10/h3-4,6H,1-2H3/b4-3+. The van der Waals surface area contributed by atoms with Gasteiger partial charge in [-0.2, -0.15) is 5.26 Å². The van der Waals surface area contributed by atoms with Gasteiger partial charge in [0.25, 0.3) is 0 Å². The van der Waals surface area contributed by atoms with Gasteiger partial charge >= 0.3 is 0 Å². The maximum absolute atomic E-state index is 8.30. The van der Waals surface area contributed by atoms with E-state index in [4.69, 9.17) is 5.26 Å². The Bertz CT molecular complexity index is 347. The molecule has 3 nitrogen and oxygen atoms in total. The summed E-state index contributed by atoms with van der Waals surface area (Å²) in [7, 11) is 0. The zero-order chi connectivity index (χ0) is 8.97. The van der Waals surface area contributed by atoms with Crippen LogP contribution in [0.15, 0.2) is 12.3 Å². The van der Waals surface area contributed by atoms with Crippen molar-refractivity contribution in [3.05, 3.63) is 29.4 Å². The topological polar surface area (TPSA) is 49.6 Å². The molecule has 0 unspecified atom stereocenters. The van der Waals surface area contributed by atoms with E-state index in [2.05, 4.69) is 9.97 Å². The summed E-state index contributed by atoms with van der Waals surface area (Å²) < 4.78 is 0. The van der Waals surface area contributed by atoms with E-state index < -0.39 is 0 Å². The van der Waals surface area contributed by atoms with Crippen molar-refractivity contribution in [3.63, 3.8) is 0 Å². The highest BCUT2D eigenvalue weighted by atomic mass is 14.8. The molecule has 0 saturated carbocycles. The van der Waals surface area contributed by atoms with Crippen molar-refractivity contribution in [1.29, 1.82) is 5.26 Å². The van der Waals surface area contributed by atoms with E-state index in [1.807, 2.05) is 19.9 Å². The number of nitriles is 1. The molecule has 0 fully saturated rings. The van der Waals surface area contributed by atoms with Gasteiger partial charge in [-0.15, -0.1) is 0 Å². The Hall–Kier alpha value is -1.69. The monoisotopic (exact) mass is 159 g/mol. The number of rotatable bonds is 1. The SMILES string of the molecule is Cc1cnc(C)c(/C=C/C#N)n1. The van der Waals surface area contributed by atoms with Crippen molar-refractivity contribution >= 4 is 6.08 Å². The molecule has 1 heterocycles. The summed E-state index contributed by atoms with van der Waals surface area (Å²) in [5, 5.41) is 8.30. The number of nitrogens with zero attached hydrogens (tertiary/aromatic N) is 3. The van der Waals surface area contributed by atoms with Crippen molar-refractivity contribution in [3.8, 4) is 6.07 Å². The van der Waals surface area contributed by atoms with Gasteiger partial charge in [-0.25, -0.2) is 0 Å². The Morgan fingerprint density at radius 2 is 2.25 bits per heavy atom. The fourth-order valence-corrected chi connectivity index (χ4v) is 0.830. The third-order valence-electron chi connectivity index (χ3n) is 1.43. The first-order valence-electron chi connectivity index (χ1n) is 3.60. The van der Waals surface area contributed by atoms with E-state index in [0.29, 0.717) is 0 Å². The molecule has 60 valence electrons. The summed E-state index contributed by atoms with van der Waals surface area (Å²) in [5.74, 6) is 0. The first-order chi connectivity index (χ1) is 5.74. The summed E-state index contributed by atoms with van der Waals surface area (Å²) >= 11 is 0. The molecule has 0 bridgehead atoms. The lowest BCUT2D eigenvalue weighted by Gasteiger charge is -1.97. The molecule has 12 heavy (non-hydrogen) atoms.